The number of aliphatic carboxylic acids is 1. The van der Waals surface area contributed by atoms with Gasteiger partial charge in [0, 0.05) is 17.7 Å². The lowest BCUT2D eigenvalue weighted by atomic mass is 10.1. The van der Waals surface area contributed by atoms with E-state index < -0.39 is 17.2 Å². The van der Waals surface area contributed by atoms with Crippen LogP contribution in [0.15, 0.2) is 18.2 Å². The molecule has 0 radical (unpaired) electrons. The Morgan fingerprint density at radius 3 is 2.82 bits per heavy atom. The largest absolute Gasteiger partial charge is 0.755 e. The summed E-state index contributed by atoms with van der Waals surface area (Å²) in [6.45, 7) is 0. The van der Waals surface area contributed by atoms with Crippen LogP contribution in [0.2, 0.25) is 0 Å². The molecule has 6 nitrogen and oxygen atoms in total. The average molecular weight is 258 g/mol. The van der Waals surface area contributed by atoms with E-state index in [1.54, 1.807) is 18.2 Å². The molecule has 0 bridgehead atoms. The van der Waals surface area contributed by atoms with Crippen LogP contribution in [0.4, 0.5) is 5.69 Å². The van der Waals surface area contributed by atoms with E-state index in [9.17, 15) is 13.6 Å². The number of carbonyl (C=O) groups is 1. The van der Waals surface area contributed by atoms with Crippen molar-refractivity contribution in [3.63, 3.8) is 0 Å². The molecule has 7 heteroatoms. The fourth-order valence-electron chi connectivity index (χ4n) is 1.33. The van der Waals surface area contributed by atoms with Crippen LogP contribution in [0, 0.1) is 0 Å². The van der Waals surface area contributed by atoms with Crippen molar-refractivity contribution < 1.29 is 23.4 Å². The molecule has 94 valence electrons. The Balaban J connectivity index is 2.87. The van der Waals surface area contributed by atoms with Crippen LogP contribution in [0.5, 0.6) is 5.75 Å². The summed E-state index contributed by atoms with van der Waals surface area (Å²) in [4.78, 5) is 10.4. The number of methoxy groups -OCH3 is 1. The number of hydrogen-bond donors (Lipinski definition) is 2. The molecule has 0 saturated heterocycles. The first-order chi connectivity index (χ1) is 8.02. The topological polar surface area (TPSA) is 98.7 Å². The summed E-state index contributed by atoms with van der Waals surface area (Å²) in [6.07, 6.45) is 0.325. The fourth-order valence-corrected chi connectivity index (χ4v) is 1.67. The number of ether oxygens (including phenoxy) is 1. The van der Waals surface area contributed by atoms with E-state index in [-0.39, 0.29) is 6.42 Å². The van der Waals surface area contributed by atoms with Gasteiger partial charge in [-0.3, -0.25) is 9.00 Å². The van der Waals surface area contributed by atoms with E-state index in [0.29, 0.717) is 17.9 Å². The molecule has 1 atom stereocenters. The van der Waals surface area contributed by atoms with Gasteiger partial charge < -0.3 is 19.1 Å². The molecule has 2 N–H and O–H groups in total. The van der Waals surface area contributed by atoms with Gasteiger partial charge in [-0.1, -0.05) is 6.07 Å². The Labute approximate surface area is 101 Å². The minimum atomic E-state index is -2.45. The molecule has 0 amide bonds. The SMILES string of the molecule is COc1ccc(CCC(=O)O)cc1NS(=O)[O-]. The molecule has 0 aromatic heterocycles. The monoisotopic (exact) mass is 258 g/mol. The molecule has 1 aromatic carbocycles. The zero-order valence-electron chi connectivity index (χ0n) is 9.13. The summed E-state index contributed by atoms with van der Waals surface area (Å²) in [5.41, 5.74) is 1.02. The van der Waals surface area contributed by atoms with E-state index >= 15 is 0 Å². The van der Waals surface area contributed by atoms with Crippen molar-refractivity contribution in [2.45, 2.75) is 12.8 Å². The number of anilines is 1. The van der Waals surface area contributed by atoms with Crippen LogP contribution in [-0.2, 0) is 22.5 Å². The summed E-state index contributed by atoms with van der Waals surface area (Å²) >= 11 is -2.45. The van der Waals surface area contributed by atoms with Gasteiger partial charge in [-0.25, -0.2) is 0 Å². The van der Waals surface area contributed by atoms with Gasteiger partial charge in [0.2, 0.25) is 0 Å². The standard InChI is InChI=1S/C10H13NO5S/c1-16-9-4-2-7(3-5-10(12)13)6-8(9)11-17(14)15/h2,4,6,11H,3,5H2,1H3,(H,12,13)(H,14,15)/p-1. The zero-order valence-corrected chi connectivity index (χ0v) is 9.95. The van der Waals surface area contributed by atoms with Crippen molar-refractivity contribution in [1.29, 1.82) is 0 Å². The number of aryl methyl sites for hydroxylation is 1. The number of rotatable bonds is 6. The maximum Gasteiger partial charge on any atom is 0.303 e. The highest BCUT2D eigenvalue weighted by Gasteiger charge is 2.05. The van der Waals surface area contributed by atoms with E-state index in [1.165, 1.54) is 7.11 Å². The van der Waals surface area contributed by atoms with Gasteiger partial charge >= 0.3 is 5.97 Å². The second-order valence-corrected chi connectivity index (χ2v) is 3.94. The van der Waals surface area contributed by atoms with Crippen LogP contribution in [-0.4, -0.2) is 26.9 Å². The smallest absolute Gasteiger partial charge is 0.303 e. The first kappa shape index (κ1) is 13.5. The van der Waals surface area contributed by atoms with E-state index in [4.69, 9.17) is 9.84 Å². The van der Waals surface area contributed by atoms with Gasteiger partial charge in [-0.15, -0.1) is 0 Å². The summed E-state index contributed by atoms with van der Waals surface area (Å²) in [6, 6.07) is 4.84. The minimum Gasteiger partial charge on any atom is -0.755 e. The third-order valence-corrected chi connectivity index (χ3v) is 2.47. The molecule has 1 unspecified atom stereocenters. The molecule has 0 spiro atoms. The summed E-state index contributed by atoms with van der Waals surface area (Å²) in [7, 11) is 1.42. The van der Waals surface area contributed by atoms with E-state index in [0.717, 1.165) is 5.56 Å². The molecule has 1 aromatic rings. The van der Waals surface area contributed by atoms with E-state index in [2.05, 4.69) is 4.72 Å². The average Bonchev–Trinajstić information content (AvgIpc) is 2.25. The number of carboxylic acid groups (broad SMARTS) is 1. The minimum absolute atomic E-state index is 0.00771. The van der Waals surface area contributed by atoms with Gasteiger partial charge in [0.05, 0.1) is 12.8 Å². The zero-order chi connectivity index (χ0) is 12.8. The Bertz CT molecular complexity index is 435. The van der Waals surface area contributed by atoms with Crippen molar-refractivity contribution in [1.82, 2.24) is 0 Å². The maximum absolute atomic E-state index is 10.6. The molecular formula is C10H12NO5S-. The second-order valence-electron chi connectivity index (χ2n) is 3.27. The van der Waals surface area contributed by atoms with Gasteiger partial charge in [0.1, 0.15) is 5.75 Å². The number of hydrogen-bond acceptors (Lipinski definition) is 4. The summed E-state index contributed by atoms with van der Waals surface area (Å²) in [5, 5.41) is 8.55. The normalized spacial score (nSPS) is 11.9. The lowest BCUT2D eigenvalue weighted by Crippen LogP contribution is -2.05. The van der Waals surface area contributed by atoms with Crippen LogP contribution < -0.4 is 9.46 Å². The molecule has 0 fully saturated rings. The third-order valence-electron chi connectivity index (χ3n) is 2.08. The second kappa shape index (κ2) is 6.21. The molecule has 0 aliphatic rings. The van der Waals surface area contributed by atoms with Crippen LogP contribution >= 0.6 is 0 Å². The Morgan fingerprint density at radius 1 is 1.59 bits per heavy atom. The van der Waals surface area contributed by atoms with Crippen molar-refractivity contribution in [3.8, 4) is 5.75 Å². The Hall–Kier alpha value is -1.60. The van der Waals surface area contributed by atoms with Gasteiger partial charge in [-0.2, -0.15) is 0 Å². The quantitative estimate of drug-likeness (QED) is 0.739. The number of benzene rings is 1. The maximum atomic E-state index is 10.6. The van der Waals surface area contributed by atoms with Crippen LogP contribution in [0.3, 0.4) is 0 Å². The van der Waals surface area contributed by atoms with E-state index in [1.807, 2.05) is 0 Å². The highest BCUT2D eigenvalue weighted by molar-refractivity contribution is 7.80. The summed E-state index contributed by atoms with van der Waals surface area (Å²) in [5.74, 6) is -0.518. The Kier molecular flexibility index (Phi) is 4.92. The first-order valence-corrected chi connectivity index (χ1v) is 5.85. The van der Waals surface area contributed by atoms with Gasteiger partial charge in [0.25, 0.3) is 0 Å². The first-order valence-electron chi connectivity index (χ1n) is 4.77. The molecule has 0 aliphatic carbocycles. The highest BCUT2D eigenvalue weighted by atomic mass is 32.2. The molecular weight excluding hydrogens is 246 g/mol. The molecule has 0 saturated carbocycles. The fraction of sp³-hybridized carbons (Fsp3) is 0.300. The van der Waals surface area contributed by atoms with Crippen LogP contribution in [0.25, 0.3) is 0 Å². The molecule has 0 aliphatic heterocycles. The van der Waals surface area contributed by atoms with Gasteiger partial charge in [-0.05, 0) is 24.1 Å². The molecule has 0 heterocycles. The Morgan fingerprint density at radius 2 is 2.29 bits per heavy atom. The van der Waals surface area contributed by atoms with Crippen molar-refractivity contribution in [2.75, 3.05) is 11.8 Å². The predicted molar refractivity (Wildman–Crippen MR) is 61.5 cm³/mol. The molecule has 1 rings (SSSR count). The van der Waals surface area contributed by atoms with Crippen molar-refractivity contribution >= 4 is 22.9 Å². The highest BCUT2D eigenvalue weighted by Crippen LogP contribution is 2.26. The lowest BCUT2D eigenvalue weighted by molar-refractivity contribution is -0.136. The third kappa shape index (κ3) is 4.41. The molecule has 17 heavy (non-hydrogen) atoms. The van der Waals surface area contributed by atoms with Crippen molar-refractivity contribution in [2.24, 2.45) is 0 Å². The van der Waals surface area contributed by atoms with Crippen molar-refractivity contribution in [3.05, 3.63) is 23.8 Å². The van der Waals surface area contributed by atoms with Gasteiger partial charge in [0.15, 0.2) is 0 Å². The summed E-state index contributed by atoms with van der Waals surface area (Å²) < 4.78 is 28.3. The number of nitrogens with one attached hydrogen (secondary N) is 1. The predicted octanol–water partition coefficient (Wildman–Crippen LogP) is 0.918. The lowest BCUT2D eigenvalue weighted by Gasteiger charge is -2.13. The number of carboxylic acids is 1. The van der Waals surface area contributed by atoms with Crippen LogP contribution in [0.1, 0.15) is 12.0 Å².